The molecule has 94 valence electrons. The SMILES string of the molecule is COc1cccc(-c2cncn2CC(=O)NN)c1. The number of aromatic nitrogens is 2. The summed E-state index contributed by atoms with van der Waals surface area (Å²) in [4.78, 5) is 15.3. The van der Waals surface area contributed by atoms with Crippen molar-refractivity contribution in [3.05, 3.63) is 36.8 Å². The van der Waals surface area contributed by atoms with Crippen molar-refractivity contribution in [3.63, 3.8) is 0 Å². The van der Waals surface area contributed by atoms with Crippen LogP contribution >= 0.6 is 0 Å². The molecule has 0 radical (unpaired) electrons. The molecule has 0 atom stereocenters. The summed E-state index contributed by atoms with van der Waals surface area (Å²) in [5.41, 5.74) is 3.85. The highest BCUT2D eigenvalue weighted by atomic mass is 16.5. The number of methoxy groups -OCH3 is 1. The Morgan fingerprint density at radius 3 is 3.11 bits per heavy atom. The predicted octanol–water partition coefficient (Wildman–Crippen LogP) is 0.549. The lowest BCUT2D eigenvalue weighted by Gasteiger charge is -2.08. The standard InChI is InChI=1S/C12H14N4O2/c1-18-10-4-2-3-9(5-10)11-6-14-8-16(11)7-12(17)15-13/h2-6,8H,7,13H2,1H3,(H,15,17). The summed E-state index contributed by atoms with van der Waals surface area (Å²) in [5, 5.41) is 0. The molecule has 0 aliphatic heterocycles. The van der Waals surface area contributed by atoms with Gasteiger partial charge < -0.3 is 9.30 Å². The van der Waals surface area contributed by atoms with Gasteiger partial charge in [0.2, 0.25) is 0 Å². The van der Waals surface area contributed by atoms with Crippen LogP contribution in [0.5, 0.6) is 5.75 Å². The van der Waals surface area contributed by atoms with E-state index in [1.807, 2.05) is 24.3 Å². The maximum Gasteiger partial charge on any atom is 0.253 e. The zero-order valence-electron chi connectivity index (χ0n) is 9.96. The van der Waals surface area contributed by atoms with E-state index in [9.17, 15) is 4.79 Å². The Morgan fingerprint density at radius 2 is 2.39 bits per heavy atom. The second-order valence-corrected chi connectivity index (χ2v) is 3.71. The molecule has 0 aliphatic rings. The van der Waals surface area contributed by atoms with Crippen molar-refractivity contribution in [1.82, 2.24) is 15.0 Å². The highest BCUT2D eigenvalue weighted by Crippen LogP contribution is 2.23. The molecule has 0 aliphatic carbocycles. The lowest BCUT2D eigenvalue weighted by Crippen LogP contribution is -2.33. The van der Waals surface area contributed by atoms with Crippen molar-refractivity contribution < 1.29 is 9.53 Å². The third-order valence-corrected chi connectivity index (χ3v) is 2.55. The molecular weight excluding hydrogens is 232 g/mol. The third kappa shape index (κ3) is 2.49. The molecule has 3 N–H and O–H groups in total. The fourth-order valence-electron chi connectivity index (χ4n) is 1.67. The second kappa shape index (κ2) is 5.33. The number of nitrogens with zero attached hydrogens (tertiary/aromatic N) is 2. The molecule has 18 heavy (non-hydrogen) atoms. The van der Waals surface area contributed by atoms with E-state index in [2.05, 4.69) is 10.4 Å². The molecule has 0 bridgehead atoms. The minimum Gasteiger partial charge on any atom is -0.497 e. The predicted molar refractivity (Wildman–Crippen MR) is 66.5 cm³/mol. The molecule has 6 heteroatoms. The average Bonchev–Trinajstić information content (AvgIpc) is 2.86. The Kier molecular flexibility index (Phi) is 3.59. The lowest BCUT2D eigenvalue weighted by molar-refractivity contribution is -0.121. The number of imidazole rings is 1. The Hall–Kier alpha value is -2.34. The van der Waals surface area contributed by atoms with Crippen molar-refractivity contribution >= 4 is 5.91 Å². The first kappa shape index (κ1) is 12.1. The van der Waals surface area contributed by atoms with Crippen LogP contribution in [0.2, 0.25) is 0 Å². The molecule has 0 fully saturated rings. The number of ether oxygens (including phenoxy) is 1. The van der Waals surface area contributed by atoms with Crippen molar-refractivity contribution in [2.75, 3.05) is 7.11 Å². The Bertz CT molecular complexity index is 551. The van der Waals surface area contributed by atoms with Gasteiger partial charge in [-0.05, 0) is 12.1 Å². The van der Waals surface area contributed by atoms with Crippen molar-refractivity contribution in [2.45, 2.75) is 6.54 Å². The number of carbonyl (C=O) groups is 1. The third-order valence-electron chi connectivity index (χ3n) is 2.55. The van der Waals surface area contributed by atoms with Crippen LogP contribution in [0, 0.1) is 0 Å². The Balaban J connectivity index is 2.32. The van der Waals surface area contributed by atoms with Crippen molar-refractivity contribution in [1.29, 1.82) is 0 Å². The van der Waals surface area contributed by atoms with Crippen LogP contribution in [0.15, 0.2) is 36.8 Å². The van der Waals surface area contributed by atoms with Gasteiger partial charge in [0.1, 0.15) is 12.3 Å². The minimum atomic E-state index is -0.280. The molecule has 0 spiro atoms. The molecule has 1 aromatic heterocycles. The van der Waals surface area contributed by atoms with E-state index in [1.54, 1.807) is 24.2 Å². The fraction of sp³-hybridized carbons (Fsp3) is 0.167. The minimum absolute atomic E-state index is 0.128. The number of hydrogen-bond donors (Lipinski definition) is 2. The summed E-state index contributed by atoms with van der Waals surface area (Å²) < 4.78 is 6.89. The van der Waals surface area contributed by atoms with E-state index < -0.39 is 0 Å². The quantitative estimate of drug-likeness (QED) is 0.469. The van der Waals surface area contributed by atoms with Gasteiger partial charge in [-0.1, -0.05) is 12.1 Å². The van der Waals surface area contributed by atoms with Crippen LogP contribution in [-0.2, 0) is 11.3 Å². The number of hydrogen-bond acceptors (Lipinski definition) is 4. The van der Waals surface area contributed by atoms with Crippen molar-refractivity contribution in [3.8, 4) is 17.0 Å². The summed E-state index contributed by atoms with van der Waals surface area (Å²) >= 11 is 0. The summed E-state index contributed by atoms with van der Waals surface area (Å²) in [5.74, 6) is 5.54. The van der Waals surface area contributed by atoms with E-state index in [1.165, 1.54) is 0 Å². The van der Waals surface area contributed by atoms with Gasteiger partial charge in [-0.3, -0.25) is 10.2 Å². The molecule has 1 amide bonds. The smallest absolute Gasteiger partial charge is 0.253 e. The Morgan fingerprint density at radius 1 is 1.56 bits per heavy atom. The van der Waals surface area contributed by atoms with Crippen molar-refractivity contribution in [2.24, 2.45) is 5.84 Å². The number of benzene rings is 1. The molecule has 0 saturated heterocycles. The van der Waals surface area contributed by atoms with Crippen LogP contribution in [-0.4, -0.2) is 22.6 Å². The number of amides is 1. The van der Waals surface area contributed by atoms with Crippen LogP contribution in [0.1, 0.15) is 0 Å². The molecule has 1 heterocycles. The van der Waals surface area contributed by atoms with Gasteiger partial charge in [-0.25, -0.2) is 10.8 Å². The fourth-order valence-corrected chi connectivity index (χ4v) is 1.67. The van der Waals surface area contributed by atoms with Gasteiger partial charge in [-0.2, -0.15) is 0 Å². The van der Waals surface area contributed by atoms with Crippen LogP contribution in [0.25, 0.3) is 11.3 Å². The molecule has 2 rings (SSSR count). The average molecular weight is 246 g/mol. The van der Waals surface area contributed by atoms with Gasteiger partial charge in [-0.15, -0.1) is 0 Å². The van der Waals surface area contributed by atoms with Crippen LogP contribution < -0.4 is 16.0 Å². The van der Waals surface area contributed by atoms with E-state index in [-0.39, 0.29) is 12.5 Å². The van der Waals surface area contributed by atoms with Gasteiger partial charge in [0, 0.05) is 5.56 Å². The number of rotatable bonds is 4. The van der Waals surface area contributed by atoms with Crippen LogP contribution in [0.3, 0.4) is 0 Å². The van der Waals surface area contributed by atoms with Gasteiger partial charge >= 0.3 is 0 Å². The zero-order chi connectivity index (χ0) is 13.0. The number of hydrazine groups is 1. The zero-order valence-corrected chi connectivity index (χ0v) is 9.96. The molecule has 0 unspecified atom stereocenters. The van der Waals surface area contributed by atoms with Gasteiger partial charge in [0.25, 0.3) is 5.91 Å². The van der Waals surface area contributed by atoms with E-state index in [0.717, 1.165) is 17.0 Å². The van der Waals surface area contributed by atoms with Crippen LogP contribution in [0.4, 0.5) is 0 Å². The summed E-state index contributed by atoms with van der Waals surface area (Å²) in [7, 11) is 1.61. The maximum absolute atomic E-state index is 11.3. The molecule has 1 aromatic carbocycles. The first-order valence-electron chi connectivity index (χ1n) is 5.38. The summed E-state index contributed by atoms with van der Waals surface area (Å²) in [6, 6.07) is 7.55. The van der Waals surface area contributed by atoms with E-state index >= 15 is 0 Å². The van der Waals surface area contributed by atoms with E-state index in [4.69, 9.17) is 10.6 Å². The monoisotopic (exact) mass is 246 g/mol. The second-order valence-electron chi connectivity index (χ2n) is 3.71. The number of nitrogens with two attached hydrogens (primary N) is 1. The highest BCUT2D eigenvalue weighted by molar-refractivity contribution is 5.76. The highest BCUT2D eigenvalue weighted by Gasteiger charge is 2.08. The number of nitrogens with one attached hydrogen (secondary N) is 1. The molecule has 2 aromatic rings. The van der Waals surface area contributed by atoms with Gasteiger partial charge in [0.15, 0.2) is 0 Å². The largest absolute Gasteiger partial charge is 0.497 e. The topological polar surface area (TPSA) is 82.2 Å². The first-order valence-corrected chi connectivity index (χ1v) is 5.38. The normalized spacial score (nSPS) is 10.1. The lowest BCUT2D eigenvalue weighted by atomic mass is 10.1. The summed E-state index contributed by atoms with van der Waals surface area (Å²) in [6.07, 6.45) is 3.28. The Labute approximate surface area is 104 Å². The maximum atomic E-state index is 11.3. The molecular formula is C12H14N4O2. The van der Waals surface area contributed by atoms with E-state index in [0.29, 0.717) is 0 Å². The van der Waals surface area contributed by atoms with Gasteiger partial charge in [0.05, 0.1) is 25.3 Å². The first-order chi connectivity index (χ1) is 8.74. The molecule has 0 saturated carbocycles. The molecule has 6 nitrogen and oxygen atoms in total. The summed E-state index contributed by atoms with van der Waals surface area (Å²) in [6.45, 7) is 0.128. The number of carbonyl (C=O) groups excluding carboxylic acids is 1.